The predicted octanol–water partition coefficient (Wildman–Crippen LogP) is 4.73. The van der Waals surface area contributed by atoms with Crippen molar-refractivity contribution >= 4 is 33.5 Å². The first kappa shape index (κ1) is 22.1. The van der Waals surface area contributed by atoms with Crippen molar-refractivity contribution in [3.05, 3.63) is 92.7 Å². The van der Waals surface area contributed by atoms with Gasteiger partial charge in [-0.1, -0.05) is 6.58 Å². The third kappa shape index (κ3) is 5.03. The number of anilines is 1. The molecule has 0 spiro atoms. The van der Waals surface area contributed by atoms with Crippen LogP contribution in [0.1, 0.15) is 24.5 Å². The van der Waals surface area contributed by atoms with Crippen molar-refractivity contribution in [3.8, 4) is 5.75 Å². The number of amides is 1. The van der Waals surface area contributed by atoms with Gasteiger partial charge in [0.15, 0.2) is 0 Å². The first-order valence-electron chi connectivity index (χ1n) is 10.5. The summed E-state index contributed by atoms with van der Waals surface area (Å²) in [7, 11) is 0. The van der Waals surface area contributed by atoms with Crippen molar-refractivity contribution in [3.63, 3.8) is 0 Å². The van der Waals surface area contributed by atoms with Gasteiger partial charge in [-0.05, 0) is 67.8 Å². The van der Waals surface area contributed by atoms with E-state index in [2.05, 4.69) is 11.9 Å². The van der Waals surface area contributed by atoms with E-state index in [1.54, 1.807) is 30.3 Å². The van der Waals surface area contributed by atoms with Crippen molar-refractivity contribution in [2.45, 2.75) is 26.7 Å². The Bertz CT molecular complexity index is 1490. The van der Waals surface area contributed by atoms with E-state index in [0.717, 1.165) is 16.5 Å². The highest BCUT2D eigenvalue weighted by Crippen LogP contribution is 2.25. The van der Waals surface area contributed by atoms with E-state index in [9.17, 15) is 14.4 Å². The van der Waals surface area contributed by atoms with Crippen LogP contribution in [0.25, 0.3) is 21.9 Å². The molecule has 0 aliphatic heterocycles. The molecule has 4 aromatic rings. The lowest BCUT2D eigenvalue weighted by Gasteiger charge is -2.10. The Morgan fingerprint density at radius 3 is 2.64 bits per heavy atom. The van der Waals surface area contributed by atoms with Gasteiger partial charge in [0.1, 0.15) is 23.5 Å². The molecule has 0 unspecified atom stereocenters. The molecule has 0 bridgehead atoms. The monoisotopic (exact) mass is 445 g/mol. The minimum absolute atomic E-state index is 0.110. The Morgan fingerprint density at radius 2 is 1.85 bits per heavy atom. The van der Waals surface area contributed by atoms with Gasteiger partial charge in [-0.3, -0.25) is 4.79 Å². The zero-order valence-electron chi connectivity index (χ0n) is 18.4. The molecule has 2 aromatic heterocycles. The first-order chi connectivity index (χ1) is 15.8. The first-order valence-corrected chi connectivity index (χ1v) is 10.5. The predicted molar refractivity (Wildman–Crippen MR) is 127 cm³/mol. The molecule has 168 valence electrons. The quantitative estimate of drug-likeness (QED) is 0.326. The Labute approximate surface area is 189 Å². The second-order valence-electron chi connectivity index (χ2n) is 7.95. The molecule has 2 heterocycles. The summed E-state index contributed by atoms with van der Waals surface area (Å²) in [5.74, 6) is 0.351. The highest BCUT2D eigenvalue weighted by Gasteiger charge is 2.14. The van der Waals surface area contributed by atoms with Gasteiger partial charge < -0.3 is 18.9 Å². The molecule has 0 radical (unpaired) electrons. The fourth-order valence-electron chi connectivity index (χ4n) is 3.57. The number of carbonyl (C=O) groups is 1. The minimum Gasteiger partial charge on any atom is -0.489 e. The Hall–Kier alpha value is -4.13. The maximum Gasteiger partial charge on any atom is 0.339 e. The third-order valence-corrected chi connectivity index (χ3v) is 5.25. The highest BCUT2D eigenvalue weighted by atomic mass is 16.5. The summed E-state index contributed by atoms with van der Waals surface area (Å²) in [4.78, 5) is 36.4. The highest BCUT2D eigenvalue weighted by molar-refractivity contribution is 5.93. The number of nitrogens with one attached hydrogen (secondary N) is 1. The molecule has 33 heavy (non-hydrogen) atoms. The molecule has 0 aliphatic carbocycles. The molecule has 0 aliphatic rings. The topological polar surface area (TPSA) is 98.7 Å². The van der Waals surface area contributed by atoms with Gasteiger partial charge in [0.25, 0.3) is 0 Å². The van der Waals surface area contributed by atoms with Crippen molar-refractivity contribution in [1.82, 2.24) is 0 Å². The summed E-state index contributed by atoms with van der Waals surface area (Å²) < 4.78 is 16.2. The summed E-state index contributed by atoms with van der Waals surface area (Å²) in [5, 5.41) is 4.30. The second-order valence-corrected chi connectivity index (χ2v) is 7.95. The molecular formula is C26H23NO6. The standard InChI is InChI=1S/C26H23NO6/c1-15(2)14-31-19-6-7-20-16(3)21(26(30)33-23(20)13-19)8-10-24(28)27-18-5-9-22-17(12-18)4-11-25(29)32-22/h4-7,9,11-13H,1,8,10,14H2,2-3H3,(H,27,28). The number of benzene rings is 2. The van der Waals surface area contributed by atoms with Crippen LogP contribution in [-0.4, -0.2) is 12.5 Å². The van der Waals surface area contributed by atoms with E-state index >= 15 is 0 Å². The lowest BCUT2D eigenvalue weighted by molar-refractivity contribution is -0.116. The molecular weight excluding hydrogens is 422 g/mol. The van der Waals surface area contributed by atoms with Crippen LogP contribution in [0.2, 0.25) is 0 Å². The molecule has 0 saturated heterocycles. The summed E-state index contributed by atoms with van der Waals surface area (Å²) in [6, 6.07) is 13.3. The van der Waals surface area contributed by atoms with E-state index in [-0.39, 0.29) is 18.7 Å². The lowest BCUT2D eigenvalue weighted by atomic mass is 10.0. The van der Waals surface area contributed by atoms with Gasteiger partial charge in [-0.25, -0.2) is 9.59 Å². The molecule has 1 N–H and O–H groups in total. The van der Waals surface area contributed by atoms with Crippen molar-refractivity contribution in [2.75, 3.05) is 11.9 Å². The van der Waals surface area contributed by atoms with Crippen LogP contribution < -0.4 is 21.3 Å². The zero-order valence-corrected chi connectivity index (χ0v) is 18.4. The maximum absolute atomic E-state index is 12.6. The normalized spacial score (nSPS) is 11.0. The molecule has 7 nitrogen and oxygen atoms in total. The van der Waals surface area contributed by atoms with E-state index in [0.29, 0.717) is 40.2 Å². The Morgan fingerprint density at radius 1 is 1.03 bits per heavy atom. The second kappa shape index (κ2) is 9.16. The molecule has 0 atom stereocenters. The van der Waals surface area contributed by atoms with Crippen LogP contribution in [-0.2, 0) is 11.2 Å². The van der Waals surface area contributed by atoms with Crippen molar-refractivity contribution in [2.24, 2.45) is 0 Å². The molecule has 7 heteroatoms. The number of rotatable bonds is 7. The number of aryl methyl sites for hydroxylation is 1. The molecule has 2 aromatic carbocycles. The van der Waals surface area contributed by atoms with Crippen LogP contribution in [0, 0.1) is 6.92 Å². The number of carbonyl (C=O) groups excluding carboxylic acids is 1. The summed E-state index contributed by atoms with van der Waals surface area (Å²) >= 11 is 0. The van der Waals surface area contributed by atoms with Gasteiger partial charge in [-0.2, -0.15) is 0 Å². The van der Waals surface area contributed by atoms with Gasteiger partial charge in [-0.15, -0.1) is 0 Å². The number of hydrogen-bond donors (Lipinski definition) is 1. The van der Waals surface area contributed by atoms with E-state index in [4.69, 9.17) is 13.6 Å². The number of ether oxygens (including phenoxy) is 1. The van der Waals surface area contributed by atoms with Gasteiger partial charge in [0.05, 0.1) is 0 Å². The van der Waals surface area contributed by atoms with E-state index in [1.165, 1.54) is 6.07 Å². The summed E-state index contributed by atoms with van der Waals surface area (Å²) in [6.45, 7) is 7.90. The molecule has 4 rings (SSSR count). The van der Waals surface area contributed by atoms with Crippen LogP contribution in [0.3, 0.4) is 0 Å². The third-order valence-electron chi connectivity index (χ3n) is 5.25. The van der Waals surface area contributed by atoms with Crippen molar-refractivity contribution in [1.29, 1.82) is 0 Å². The van der Waals surface area contributed by atoms with E-state index in [1.807, 2.05) is 26.0 Å². The molecule has 0 saturated carbocycles. The van der Waals surface area contributed by atoms with Gasteiger partial charge in [0.2, 0.25) is 5.91 Å². The SMILES string of the molecule is C=C(C)COc1ccc2c(C)c(CCC(=O)Nc3ccc4oc(=O)ccc4c3)c(=O)oc2c1. The lowest BCUT2D eigenvalue weighted by Crippen LogP contribution is -2.16. The van der Waals surface area contributed by atoms with Crippen molar-refractivity contribution < 1.29 is 18.4 Å². The average Bonchev–Trinajstić information content (AvgIpc) is 2.77. The summed E-state index contributed by atoms with van der Waals surface area (Å²) in [5.41, 5.74) is 2.69. The average molecular weight is 445 g/mol. The van der Waals surface area contributed by atoms with Crippen LogP contribution in [0.5, 0.6) is 5.75 Å². The maximum atomic E-state index is 12.6. The minimum atomic E-state index is -0.467. The van der Waals surface area contributed by atoms with E-state index < -0.39 is 11.3 Å². The number of fused-ring (bicyclic) bond motifs is 2. The Kier molecular flexibility index (Phi) is 6.13. The zero-order chi connectivity index (χ0) is 23.5. The fraction of sp³-hybridized carbons (Fsp3) is 0.192. The van der Waals surface area contributed by atoms with Crippen LogP contribution >= 0.6 is 0 Å². The molecule has 1 amide bonds. The Balaban J connectivity index is 1.48. The van der Waals surface area contributed by atoms with Crippen LogP contribution in [0.4, 0.5) is 5.69 Å². The fourth-order valence-corrected chi connectivity index (χ4v) is 3.57. The van der Waals surface area contributed by atoms with Gasteiger partial charge in [0, 0.05) is 40.6 Å². The largest absolute Gasteiger partial charge is 0.489 e. The van der Waals surface area contributed by atoms with Gasteiger partial charge >= 0.3 is 11.3 Å². The van der Waals surface area contributed by atoms with Crippen LogP contribution in [0.15, 0.2) is 79.1 Å². The summed E-state index contributed by atoms with van der Waals surface area (Å²) in [6.07, 6.45) is 0.352. The number of hydrogen-bond acceptors (Lipinski definition) is 6. The molecule has 0 fully saturated rings. The smallest absolute Gasteiger partial charge is 0.339 e.